The Morgan fingerprint density at radius 1 is 1.46 bits per heavy atom. The van der Waals surface area contributed by atoms with E-state index in [0.717, 1.165) is 10.2 Å². The van der Waals surface area contributed by atoms with Gasteiger partial charge in [0, 0.05) is 17.2 Å². The van der Waals surface area contributed by atoms with E-state index in [0.29, 0.717) is 5.96 Å². The summed E-state index contributed by atoms with van der Waals surface area (Å²) in [6.45, 7) is 2.02. The summed E-state index contributed by atoms with van der Waals surface area (Å²) in [4.78, 5) is 3.81. The van der Waals surface area contributed by atoms with Crippen molar-refractivity contribution >= 4 is 27.6 Å². The molecule has 1 rings (SSSR count). The number of guanidine groups is 1. The Kier molecular flexibility index (Phi) is 3.31. The first-order valence-corrected chi connectivity index (χ1v) is 4.67. The van der Waals surface area contributed by atoms with Crippen LogP contribution in [0.4, 0.5) is 5.69 Å². The Bertz CT molecular complexity index is 313. The fourth-order valence-corrected chi connectivity index (χ4v) is 1.62. The van der Waals surface area contributed by atoms with Crippen LogP contribution < -0.4 is 11.1 Å². The Morgan fingerprint density at radius 2 is 2.15 bits per heavy atom. The van der Waals surface area contributed by atoms with Gasteiger partial charge in [0.15, 0.2) is 5.96 Å². The lowest BCUT2D eigenvalue weighted by atomic mass is 10.2. The minimum absolute atomic E-state index is 0.414. The lowest BCUT2D eigenvalue weighted by Gasteiger charge is -2.06. The molecule has 0 aliphatic rings. The Hall–Kier alpha value is -1.03. The quantitative estimate of drug-likeness (QED) is 0.585. The van der Waals surface area contributed by atoms with E-state index < -0.39 is 0 Å². The fourth-order valence-electron chi connectivity index (χ4n) is 1.01. The Labute approximate surface area is 86.2 Å². The average molecular weight is 242 g/mol. The molecule has 0 aromatic heterocycles. The number of anilines is 1. The summed E-state index contributed by atoms with van der Waals surface area (Å²) in [6, 6.07) is 5.98. The monoisotopic (exact) mass is 241 g/mol. The van der Waals surface area contributed by atoms with Crippen molar-refractivity contribution in [1.82, 2.24) is 0 Å². The number of aryl methyl sites for hydroxylation is 1. The molecule has 3 nitrogen and oxygen atoms in total. The summed E-state index contributed by atoms with van der Waals surface area (Å²) < 4.78 is 1.03. The van der Waals surface area contributed by atoms with Gasteiger partial charge in [-0.25, -0.2) is 0 Å². The second-order valence-corrected chi connectivity index (χ2v) is 3.67. The smallest absolute Gasteiger partial charge is 0.192 e. The van der Waals surface area contributed by atoms with Gasteiger partial charge < -0.3 is 11.1 Å². The lowest BCUT2D eigenvalue weighted by molar-refractivity contribution is 1.37. The fraction of sp³-hybridized carbons (Fsp3) is 0.222. The normalized spacial score (nSPS) is 11.5. The van der Waals surface area contributed by atoms with Crippen LogP contribution in [0.25, 0.3) is 0 Å². The van der Waals surface area contributed by atoms with E-state index in [-0.39, 0.29) is 0 Å². The van der Waals surface area contributed by atoms with Gasteiger partial charge in [0.2, 0.25) is 0 Å². The van der Waals surface area contributed by atoms with Gasteiger partial charge in [-0.15, -0.1) is 0 Å². The summed E-state index contributed by atoms with van der Waals surface area (Å²) in [5.74, 6) is 0.414. The predicted molar refractivity (Wildman–Crippen MR) is 60.0 cm³/mol. The largest absolute Gasteiger partial charge is 0.370 e. The van der Waals surface area contributed by atoms with Gasteiger partial charge in [-0.3, -0.25) is 4.99 Å². The van der Waals surface area contributed by atoms with Crippen molar-refractivity contribution in [3.05, 3.63) is 28.2 Å². The predicted octanol–water partition coefficient (Wildman–Crippen LogP) is 2.11. The first kappa shape index (κ1) is 10.1. The van der Waals surface area contributed by atoms with Crippen LogP contribution in [0.15, 0.2) is 27.7 Å². The molecule has 0 unspecified atom stereocenters. The van der Waals surface area contributed by atoms with Gasteiger partial charge in [0.1, 0.15) is 0 Å². The number of halogens is 1. The van der Waals surface area contributed by atoms with E-state index in [9.17, 15) is 0 Å². The zero-order chi connectivity index (χ0) is 9.84. The minimum atomic E-state index is 0.414. The molecule has 3 N–H and O–H groups in total. The number of nitrogens with two attached hydrogens (primary N) is 1. The highest BCUT2D eigenvalue weighted by Gasteiger charge is 1.96. The second-order valence-electron chi connectivity index (χ2n) is 2.75. The van der Waals surface area contributed by atoms with Crippen LogP contribution in [0.5, 0.6) is 0 Å². The van der Waals surface area contributed by atoms with Crippen molar-refractivity contribution in [2.24, 2.45) is 10.7 Å². The van der Waals surface area contributed by atoms with Crippen LogP contribution >= 0.6 is 15.9 Å². The van der Waals surface area contributed by atoms with Crippen LogP contribution in [0.2, 0.25) is 0 Å². The molecular weight excluding hydrogens is 230 g/mol. The molecule has 0 spiro atoms. The second kappa shape index (κ2) is 4.28. The number of nitrogens with one attached hydrogen (secondary N) is 1. The van der Waals surface area contributed by atoms with Gasteiger partial charge >= 0.3 is 0 Å². The zero-order valence-corrected chi connectivity index (χ0v) is 9.22. The zero-order valence-electron chi connectivity index (χ0n) is 7.63. The van der Waals surface area contributed by atoms with E-state index in [1.54, 1.807) is 7.05 Å². The molecule has 70 valence electrons. The number of aliphatic imine (C=N–C) groups is 1. The van der Waals surface area contributed by atoms with E-state index in [1.807, 2.05) is 25.1 Å². The van der Waals surface area contributed by atoms with Gasteiger partial charge in [-0.1, -0.05) is 15.9 Å². The molecule has 0 radical (unpaired) electrons. The third kappa shape index (κ3) is 3.06. The standard InChI is InChI=1S/C9H12BrN3/c1-6-3-7(10)5-8(4-6)13-9(11)12-2/h3-5H,1-2H3,(H3,11,12,13). The molecule has 0 amide bonds. The van der Waals surface area contributed by atoms with Crippen molar-refractivity contribution in [3.8, 4) is 0 Å². The molecule has 0 bridgehead atoms. The third-order valence-electron chi connectivity index (χ3n) is 1.56. The van der Waals surface area contributed by atoms with Crippen molar-refractivity contribution in [2.75, 3.05) is 12.4 Å². The van der Waals surface area contributed by atoms with Crippen LogP contribution in [0.3, 0.4) is 0 Å². The first-order chi connectivity index (χ1) is 6.11. The van der Waals surface area contributed by atoms with Crippen LogP contribution in [-0.2, 0) is 0 Å². The van der Waals surface area contributed by atoms with Gasteiger partial charge in [0.25, 0.3) is 0 Å². The molecular formula is C9H12BrN3. The summed E-state index contributed by atoms with van der Waals surface area (Å²) in [5.41, 5.74) is 7.64. The van der Waals surface area contributed by atoms with Crippen molar-refractivity contribution in [3.63, 3.8) is 0 Å². The number of hydrogen-bond acceptors (Lipinski definition) is 1. The maximum atomic E-state index is 5.53. The number of hydrogen-bond donors (Lipinski definition) is 2. The van der Waals surface area contributed by atoms with Crippen molar-refractivity contribution in [2.45, 2.75) is 6.92 Å². The van der Waals surface area contributed by atoms with Crippen molar-refractivity contribution < 1.29 is 0 Å². The molecule has 1 aromatic rings. The van der Waals surface area contributed by atoms with Gasteiger partial charge in [-0.05, 0) is 30.7 Å². The highest BCUT2D eigenvalue weighted by Crippen LogP contribution is 2.18. The average Bonchev–Trinajstić information content (AvgIpc) is 2.02. The molecule has 4 heteroatoms. The SMILES string of the molecule is CN=C(N)Nc1cc(C)cc(Br)c1. The van der Waals surface area contributed by atoms with Crippen LogP contribution in [0.1, 0.15) is 5.56 Å². The van der Waals surface area contributed by atoms with Crippen molar-refractivity contribution in [1.29, 1.82) is 0 Å². The summed E-state index contributed by atoms with van der Waals surface area (Å²) in [5, 5.41) is 2.97. The van der Waals surface area contributed by atoms with E-state index in [1.165, 1.54) is 5.56 Å². The minimum Gasteiger partial charge on any atom is -0.370 e. The maximum absolute atomic E-state index is 5.53. The van der Waals surface area contributed by atoms with Gasteiger partial charge in [0.05, 0.1) is 0 Å². The Balaban J connectivity index is 2.89. The molecule has 13 heavy (non-hydrogen) atoms. The molecule has 0 saturated heterocycles. The lowest BCUT2D eigenvalue weighted by Crippen LogP contribution is -2.21. The topological polar surface area (TPSA) is 50.4 Å². The first-order valence-electron chi connectivity index (χ1n) is 3.88. The maximum Gasteiger partial charge on any atom is 0.192 e. The highest BCUT2D eigenvalue weighted by molar-refractivity contribution is 9.10. The van der Waals surface area contributed by atoms with E-state index >= 15 is 0 Å². The molecule has 0 fully saturated rings. The molecule has 0 aliphatic carbocycles. The summed E-state index contributed by atoms with van der Waals surface area (Å²) in [6.07, 6.45) is 0. The highest BCUT2D eigenvalue weighted by atomic mass is 79.9. The Morgan fingerprint density at radius 3 is 2.69 bits per heavy atom. The number of rotatable bonds is 1. The molecule has 0 aliphatic heterocycles. The number of benzene rings is 1. The van der Waals surface area contributed by atoms with E-state index in [4.69, 9.17) is 5.73 Å². The third-order valence-corrected chi connectivity index (χ3v) is 2.01. The molecule has 1 aromatic carbocycles. The van der Waals surface area contributed by atoms with E-state index in [2.05, 4.69) is 26.2 Å². The van der Waals surface area contributed by atoms with Crippen LogP contribution in [-0.4, -0.2) is 13.0 Å². The molecule has 0 saturated carbocycles. The molecule has 0 heterocycles. The van der Waals surface area contributed by atoms with Crippen LogP contribution in [0, 0.1) is 6.92 Å². The molecule has 0 atom stereocenters. The number of nitrogens with zero attached hydrogens (tertiary/aromatic N) is 1. The summed E-state index contributed by atoms with van der Waals surface area (Å²) >= 11 is 3.40. The summed E-state index contributed by atoms with van der Waals surface area (Å²) in [7, 11) is 1.65. The van der Waals surface area contributed by atoms with Gasteiger partial charge in [-0.2, -0.15) is 0 Å².